The molecule has 0 aromatic carbocycles. The van der Waals surface area contributed by atoms with E-state index in [-0.39, 0.29) is 10.6 Å². The summed E-state index contributed by atoms with van der Waals surface area (Å²) in [6.45, 7) is 1.81. The monoisotopic (exact) mass is 317 g/mol. The first-order valence-electron chi connectivity index (χ1n) is 6.36. The molecule has 0 bridgehead atoms. The van der Waals surface area contributed by atoms with E-state index in [4.69, 9.17) is 5.11 Å². The van der Waals surface area contributed by atoms with Gasteiger partial charge in [0.05, 0.1) is 0 Å². The van der Waals surface area contributed by atoms with Gasteiger partial charge in [-0.1, -0.05) is 13.3 Å². The molecule has 1 amide bonds. The van der Waals surface area contributed by atoms with Crippen LogP contribution in [0, 0.1) is 0 Å². The minimum absolute atomic E-state index is 0.0555. The number of carbonyl (C=O) groups excluding carboxylic acids is 1. The van der Waals surface area contributed by atoms with Crippen LogP contribution >= 0.6 is 0 Å². The number of carboxylic acids is 1. The van der Waals surface area contributed by atoms with E-state index in [0.717, 1.165) is 0 Å². The van der Waals surface area contributed by atoms with Crippen molar-refractivity contribution in [2.75, 3.05) is 7.05 Å². The Morgan fingerprint density at radius 3 is 2.52 bits per heavy atom. The number of nitrogens with one attached hydrogen (secondary N) is 2. The molecule has 0 aliphatic heterocycles. The number of sulfonamides is 1. The van der Waals surface area contributed by atoms with E-state index >= 15 is 0 Å². The van der Waals surface area contributed by atoms with Gasteiger partial charge in [-0.05, 0) is 19.5 Å². The van der Waals surface area contributed by atoms with Gasteiger partial charge in [-0.25, -0.2) is 17.9 Å². The topological polar surface area (TPSA) is 117 Å². The summed E-state index contributed by atoms with van der Waals surface area (Å²) in [4.78, 5) is 23.0. The quantitative estimate of drug-likeness (QED) is 0.650. The normalized spacial score (nSPS) is 12.9. The number of amides is 1. The lowest BCUT2D eigenvalue weighted by atomic mass is 10.1. The molecule has 8 nitrogen and oxygen atoms in total. The third kappa shape index (κ3) is 4.05. The Kier molecular flexibility index (Phi) is 5.50. The largest absolute Gasteiger partial charge is 0.480 e. The molecule has 0 fully saturated rings. The average Bonchev–Trinajstić information content (AvgIpc) is 2.81. The lowest BCUT2D eigenvalue weighted by Crippen LogP contribution is -2.41. The van der Waals surface area contributed by atoms with Crippen molar-refractivity contribution in [2.45, 2.75) is 30.7 Å². The highest BCUT2D eigenvalue weighted by molar-refractivity contribution is 7.89. The first kappa shape index (κ1) is 17.2. The SMILES string of the molecule is CCC[C@H](NC(=O)c1cc(S(=O)(=O)NC)cn1C)C(=O)O. The van der Waals surface area contributed by atoms with Crippen molar-refractivity contribution in [3.63, 3.8) is 0 Å². The van der Waals surface area contributed by atoms with Crippen LogP contribution in [0.4, 0.5) is 0 Å². The van der Waals surface area contributed by atoms with Gasteiger partial charge in [-0.2, -0.15) is 0 Å². The number of rotatable bonds is 7. The molecule has 0 saturated heterocycles. The second kappa shape index (κ2) is 6.72. The van der Waals surface area contributed by atoms with Crippen LogP contribution in [0.2, 0.25) is 0 Å². The summed E-state index contributed by atoms with van der Waals surface area (Å²) in [5.41, 5.74) is 0.0752. The molecule has 1 rings (SSSR count). The zero-order valence-corrected chi connectivity index (χ0v) is 12.9. The summed E-state index contributed by atoms with van der Waals surface area (Å²) in [6, 6.07) is 0.202. The number of aliphatic carboxylic acids is 1. The van der Waals surface area contributed by atoms with Gasteiger partial charge in [0, 0.05) is 13.2 Å². The first-order valence-corrected chi connectivity index (χ1v) is 7.84. The molecule has 1 heterocycles. The standard InChI is InChI=1S/C12H19N3O5S/c1-4-5-9(12(17)18)14-11(16)10-6-8(7-15(10)3)21(19,20)13-2/h6-7,9,13H,4-5H2,1-3H3,(H,14,16)(H,17,18)/t9-/m0/s1. The Bertz CT molecular complexity index is 635. The van der Waals surface area contributed by atoms with Crippen molar-refractivity contribution >= 4 is 21.9 Å². The van der Waals surface area contributed by atoms with E-state index in [1.54, 1.807) is 0 Å². The van der Waals surface area contributed by atoms with Crippen LogP contribution < -0.4 is 10.0 Å². The summed E-state index contributed by atoms with van der Waals surface area (Å²) >= 11 is 0. The van der Waals surface area contributed by atoms with Crippen molar-refractivity contribution in [3.8, 4) is 0 Å². The molecular weight excluding hydrogens is 298 g/mol. The molecule has 21 heavy (non-hydrogen) atoms. The number of hydrogen-bond acceptors (Lipinski definition) is 4. The van der Waals surface area contributed by atoms with Gasteiger partial charge in [-0.15, -0.1) is 0 Å². The van der Waals surface area contributed by atoms with Gasteiger partial charge in [0.25, 0.3) is 5.91 Å². The molecule has 0 spiro atoms. The maximum atomic E-state index is 12.1. The molecule has 0 saturated carbocycles. The second-order valence-electron chi connectivity index (χ2n) is 4.53. The van der Waals surface area contributed by atoms with Crippen LogP contribution in [-0.4, -0.2) is 43.1 Å². The molecule has 0 radical (unpaired) electrons. The van der Waals surface area contributed by atoms with Crippen molar-refractivity contribution in [1.82, 2.24) is 14.6 Å². The highest BCUT2D eigenvalue weighted by atomic mass is 32.2. The van der Waals surface area contributed by atoms with Crippen molar-refractivity contribution < 1.29 is 23.1 Å². The van der Waals surface area contributed by atoms with Gasteiger partial charge in [0.15, 0.2) is 0 Å². The van der Waals surface area contributed by atoms with Crippen LogP contribution in [0.3, 0.4) is 0 Å². The molecular formula is C12H19N3O5S. The third-order valence-electron chi connectivity index (χ3n) is 2.97. The highest BCUT2D eigenvalue weighted by Crippen LogP contribution is 2.13. The average molecular weight is 317 g/mol. The van der Waals surface area contributed by atoms with E-state index in [1.165, 1.54) is 30.9 Å². The maximum absolute atomic E-state index is 12.1. The molecule has 1 atom stereocenters. The number of aryl methyl sites for hydroxylation is 1. The van der Waals surface area contributed by atoms with E-state index in [9.17, 15) is 18.0 Å². The number of carboxylic acid groups (broad SMARTS) is 1. The van der Waals surface area contributed by atoms with E-state index < -0.39 is 27.9 Å². The number of nitrogens with zero attached hydrogens (tertiary/aromatic N) is 1. The lowest BCUT2D eigenvalue weighted by molar-refractivity contribution is -0.139. The van der Waals surface area contributed by atoms with Gasteiger partial charge in [0.1, 0.15) is 16.6 Å². The zero-order chi connectivity index (χ0) is 16.2. The molecule has 3 N–H and O–H groups in total. The number of hydrogen-bond donors (Lipinski definition) is 3. The van der Waals surface area contributed by atoms with Crippen molar-refractivity contribution in [2.24, 2.45) is 7.05 Å². The van der Waals surface area contributed by atoms with Crippen LogP contribution in [0.15, 0.2) is 17.2 Å². The van der Waals surface area contributed by atoms with Gasteiger partial charge in [-0.3, -0.25) is 4.79 Å². The smallest absolute Gasteiger partial charge is 0.326 e. The Morgan fingerprint density at radius 2 is 2.05 bits per heavy atom. The molecule has 0 aliphatic rings. The Labute approximate surface area is 123 Å². The Morgan fingerprint density at radius 1 is 1.43 bits per heavy atom. The fourth-order valence-electron chi connectivity index (χ4n) is 1.80. The van der Waals surface area contributed by atoms with E-state index in [0.29, 0.717) is 12.8 Å². The summed E-state index contributed by atoms with van der Waals surface area (Å²) < 4.78 is 26.8. The van der Waals surface area contributed by atoms with Crippen molar-refractivity contribution in [3.05, 3.63) is 18.0 Å². The Balaban J connectivity index is 3.01. The molecule has 118 valence electrons. The lowest BCUT2D eigenvalue weighted by Gasteiger charge is -2.13. The minimum Gasteiger partial charge on any atom is -0.480 e. The van der Waals surface area contributed by atoms with Crippen LogP contribution in [0.25, 0.3) is 0 Å². The fraction of sp³-hybridized carbons (Fsp3) is 0.500. The van der Waals surface area contributed by atoms with E-state index in [2.05, 4.69) is 10.0 Å². The first-order chi connectivity index (χ1) is 9.72. The second-order valence-corrected chi connectivity index (χ2v) is 6.42. The number of carbonyl (C=O) groups is 2. The molecule has 0 aliphatic carbocycles. The van der Waals surface area contributed by atoms with E-state index in [1.807, 2.05) is 6.92 Å². The van der Waals surface area contributed by atoms with Gasteiger partial charge >= 0.3 is 5.97 Å². The summed E-state index contributed by atoms with van der Waals surface area (Å²) in [6.07, 6.45) is 2.19. The molecule has 1 aromatic rings. The summed E-state index contributed by atoms with van der Waals surface area (Å²) in [5, 5.41) is 11.4. The fourth-order valence-corrected chi connectivity index (χ4v) is 2.60. The summed E-state index contributed by atoms with van der Waals surface area (Å²) in [7, 11) is -0.875. The zero-order valence-electron chi connectivity index (χ0n) is 12.1. The van der Waals surface area contributed by atoms with Crippen LogP contribution in [0.1, 0.15) is 30.3 Å². The van der Waals surface area contributed by atoms with Crippen LogP contribution in [-0.2, 0) is 21.9 Å². The predicted octanol–water partition coefficient (Wildman–Crippen LogP) is -0.0837. The molecule has 0 unspecified atom stereocenters. The summed E-state index contributed by atoms with van der Waals surface area (Å²) in [5.74, 6) is -1.75. The number of aromatic nitrogens is 1. The predicted molar refractivity (Wildman–Crippen MR) is 75.5 cm³/mol. The third-order valence-corrected chi connectivity index (χ3v) is 4.35. The van der Waals surface area contributed by atoms with Crippen LogP contribution in [0.5, 0.6) is 0 Å². The minimum atomic E-state index is -3.66. The highest BCUT2D eigenvalue weighted by Gasteiger charge is 2.23. The Hall–Kier alpha value is -1.87. The molecule has 9 heteroatoms. The van der Waals surface area contributed by atoms with Crippen molar-refractivity contribution in [1.29, 1.82) is 0 Å². The molecule has 1 aromatic heterocycles. The van der Waals surface area contributed by atoms with Gasteiger partial charge in [0.2, 0.25) is 10.0 Å². The maximum Gasteiger partial charge on any atom is 0.326 e. The van der Waals surface area contributed by atoms with Gasteiger partial charge < -0.3 is 15.0 Å².